The molecule has 0 radical (unpaired) electrons. The number of hydrogen-bond donors (Lipinski definition) is 1. The number of thioether (sulfide) groups is 1. The van der Waals surface area contributed by atoms with Gasteiger partial charge in [0, 0.05) is 5.69 Å². The first-order valence-corrected chi connectivity index (χ1v) is 9.87. The van der Waals surface area contributed by atoms with Gasteiger partial charge >= 0.3 is 0 Å². The van der Waals surface area contributed by atoms with Crippen molar-refractivity contribution in [3.05, 3.63) is 46.1 Å². The summed E-state index contributed by atoms with van der Waals surface area (Å²) in [6, 6.07) is 8.21. The number of aryl methyl sites for hydroxylation is 2. The molecule has 26 heavy (non-hydrogen) atoms. The van der Waals surface area contributed by atoms with E-state index in [-0.39, 0.29) is 11.7 Å². The van der Waals surface area contributed by atoms with Crippen LogP contribution in [0.4, 0.5) is 5.13 Å². The minimum absolute atomic E-state index is 0.160. The highest BCUT2D eigenvalue weighted by molar-refractivity contribution is 8.00. The molecule has 0 saturated carbocycles. The first-order valence-electron chi connectivity index (χ1n) is 8.06. The van der Waals surface area contributed by atoms with E-state index in [0.717, 1.165) is 32.6 Å². The lowest BCUT2D eigenvalue weighted by Crippen LogP contribution is -2.14. The van der Waals surface area contributed by atoms with Crippen LogP contribution in [-0.4, -0.2) is 21.6 Å². The number of hydrogen-bond acceptors (Lipinski definition) is 6. The van der Waals surface area contributed by atoms with E-state index in [1.165, 1.54) is 23.1 Å². The molecule has 0 spiro atoms. The van der Waals surface area contributed by atoms with Crippen molar-refractivity contribution in [2.45, 2.75) is 32.7 Å². The predicted octanol–water partition coefficient (Wildman–Crippen LogP) is 4.53. The van der Waals surface area contributed by atoms with Gasteiger partial charge in [-0.3, -0.25) is 4.79 Å². The number of fused-ring (bicyclic) bond motifs is 1. The lowest BCUT2D eigenvalue weighted by Gasteiger charge is -2.10. The summed E-state index contributed by atoms with van der Waals surface area (Å²) >= 11 is 2.73. The van der Waals surface area contributed by atoms with Crippen LogP contribution in [0.5, 0.6) is 0 Å². The maximum absolute atomic E-state index is 12.3. The third kappa shape index (κ3) is 3.71. The normalized spacial score (nSPS) is 10.7. The number of anilines is 1. The summed E-state index contributed by atoms with van der Waals surface area (Å²) in [6.45, 7) is 7.81. The van der Waals surface area contributed by atoms with Crippen molar-refractivity contribution in [1.82, 2.24) is 9.97 Å². The molecule has 132 valence electrons. The number of pyridine rings is 1. The minimum atomic E-state index is -0.160. The van der Waals surface area contributed by atoms with Gasteiger partial charge in [-0.2, -0.15) is 5.26 Å². The Morgan fingerprint density at radius 2 is 2.00 bits per heavy atom. The number of rotatable bonds is 4. The Labute approximate surface area is 160 Å². The molecule has 3 rings (SSSR count). The number of carbonyl (C=O) groups is 1. The molecular formula is C19H18N4OS2. The number of benzene rings is 1. The Bertz CT molecular complexity index is 1050. The Morgan fingerprint density at radius 1 is 1.23 bits per heavy atom. The third-order valence-electron chi connectivity index (χ3n) is 4.21. The molecule has 0 aliphatic carbocycles. The van der Waals surface area contributed by atoms with Gasteiger partial charge < -0.3 is 5.32 Å². The van der Waals surface area contributed by atoms with Crippen molar-refractivity contribution < 1.29 is 4.79 Å². The second kappa shape index (κ2) is 7.44. The maximum atomic E-state index is 12.3. The van der Waals surface area contributed by atoms with Crippen LogP contribution in [0.3, 0.4) is 0 Å². The average molecular weight is 383 g/mol. The first kappa shape index (κ1) is 18.4. The van der Waals surface area contributed by atoms with Gasteiger partial charge in [-0.15, -0.1) is 0 Å². The molecule has 1 N–H and O–H groups in total. The van der Waals surface area contributed by atoms with Crippen molar-refractivity contribution in [1.29, 1.82) is 5.26 Å². The zero-order valence-corrected chi connectivity index (χ0v) is 16.6. The quantitative estimate of drug-likeness (QED) is 0.671. The van der Waals surface area contributed by atoms with E-state index in [9.17, 15) is 10.1 Å². The largest absolute Gasteiger partial charge is 0.301 e. The number of thiazole rings is 1. The Balaban J connectivity index is 1.72. The maximum Gasteiger partial charge on any atom is 0.236 e. The third-order valence-corrected chi connectivity index (χ3v) is 6.11. The number of nitriles is 1. The molecule has 5 nitrogen and oxygen atoms in total. The smallest absolute Gasteiger partial charge is 0.236 e. The molecule has 0 fully saturated rings. The van der Waals surface area contributed by atoms with E-state index in [2.05, 4.69) is 27.4 Å². The minimum Gasteiger partial charge on any atom is -0.301 e. The standard InChI is InChI=1S/C19H18N4OS2/c1-10-5-6-15-16(7-10)26-19(22-15)23-17(24)9-25-18-14(8-20)12(3)11(2)13(4)21-18/h5-7H,9H2,1-4H3,(H,22,23,24). The predicted molar refractivity (Wildman–Crippen MR) is 107 cm³/mol. The van der Waals surface area contributed by atoms with Gasteiger partial charge in [0.1, 0.15) is 11.1 Å². The SMILES string of the molecule is Cc1ccc2nc(NC(=O)CSc3nc(C)c(C)c(C)c3C#N)sc2c1. The highest BCUT2D eigenvalue weighted by Gasteiger charge is 2.15. The number of carbonyl (C=O) groups excluding carboxylic acids is 1. The first-order chi connectivity index (χ1) is 12.4. The average Bonchev–Trinajstić information content (AvgIpc) is 2.99. The molecule has 0 aliphatic rings. The van der Waals surface area contributed by atoms with E-state index in [1.807, 2.05) is 39.8 Å². The molecule has 3 aromatic rings. The van der Waals surface area contributed by atoms with E-state index >= 15 is 0 Å². The second-order valence-electron chi connectivity index (χ2n) is 6.07. The summed E-state index contributed by atoms with van der Waals surface area (Å²) in [5.41, 5.74) is 5.40. The molecule has 7 heteroatoms. The molecular weight excluding hydrogens is 364 g/mol. The van der Waals surface area contributed by atoms with E-state index < -0.39 is 0 Å². The Hall–Kier alpha value is -2.43. The summed E-state index contributed by atoms with van der Waals surface area (Å²) in [6.07, 6.45) is 0. The molecule has 0 atom stereocenters. The molecule has 2 heterocycles. The highest BCUT2D eigenvalue weighted by atomic mass is 32.2. The molecule has 1 aromatic carbocycles. The van der Waals surface area contributed by atoms with Crippen LogP contribution < -0.4 is 5.32 Å². The molecule has 0 unspecified atom stereocenters. The van der Waals surface area contributed by atoms with Gasteiger partial charge in [-0.1, -0.05) is 29.2 Å². The fraction of sp³-hybridized carbons (Fsp3) is 0.263. The van der Waals surface area contributed by atoms with Gasteiger partial charge in [0.05, 0.1) is 21.5 Å². The van der Waals surface area contributed by atoms with Crippen molar-refractivity contribution in [2.75, 3.05) is 11.1 Å². The topological polar surface area (TPSA) is 78.7 Å². The van der Waals surface area contributed by atoms with Crippen molar-refractivity contribution in [2.24, 2.45) is 0 Å². The number of amides is 1. The summed E-state index contributed by atoms with van der Waals surface area (Å²) in [5.74, 6) is 0.0193. The number of aromatic nitrogens is 2. The number of nitrogens with one attached hydrogen (secondary N) is 1. The zero-order chi connectivity index (χ0) is 18.8. The fourth-order valence-electron chi connectivity index (χ4n) is 2.52. The fourth-order valence-corrected chi connectivity index (χ4v) is 4.39. The molecule has 0 saturated heterocycles. The van der Waals surface area contributed by atoms with Crippen molar-refractivity contribution in [3.63, 3.8) is 0 Å². The molecule has 0 aliphatic heterocycles. The van der Waals surface area contributed by atoms with Crippen LogP contribution in [0.2, 0.25) is 0 Å². The summed E-state index contributed by atoms with van der Waals surface area (Å²) in [7, 11) is 0. The summed E-state index contributed by atoms with van der Waals surface area (Å²) in [5, 5.41) is 13.4. The van der Waals surface area contributed by atoms with Crippen LogP contribution in [-0.2, 0) is 4.79 Å². The lowest BCUT2D eigenvalue weighted by atomic mass is 10.1. The van der Waals surface area contributed by atoms with Gasteiger partial charge in [0.25, 0.3) is 0 Å². The Kier molecular flexibility index (Phi) is 5.25. The Morgan fingerprint density at radius 3 is 2.73 bits per heavy atom. The van der Waals surface area contributed by atoms with Gasteiger partial charge in [-0.05, 0) is 56.5 Å². The highest BCUT2D eigenvalue weighted by Crippen LogP contribution is 2.28. The molecule has 2 aromatic heterocycles. The van der Waals surface area contributed by atoms with Crippen molar-refractivity contribution in [3.8, 4) is 6.07 Å². The van der Waals surface area contributed by atoms with Crippen LogP contribution in [0.25, 0.3) is 10.2 Å². The number of nitrogens with zero attached hydrogens (tertiary/aromatic N) is 3. The zero-order valence-electron chi connectivity index (χ0n) is 15.0. The molecule has 0 bridgehead atoms. The van der Waals surface area contributed by atoms with E-state index in [4.69, 9.17) is 0 Å². The van der Waals surface area contributed by atoms with Gasteiger partial charge in [0.15, 0.2) is 5.13 Å². The van der Waals surface area contributed by atoms with Crippen LogP contribution in [0.15, 0.2) is 23.2 Å². The van der Waals surface area contributed by atoms with E-state index in [0.29, 0.717) is 15.7 Å². The van der Waals surface area contributed by atoms with Crippen LogP contribution in [0, 0.1) is 39.0 Å². The van der Waals surface area contributed by atoms with Crippen LogP contribution >= 0.6 is 23.1 Å². The summed E-state index contributed by atoms with van der Waals surface area (Å²) in [4.78, 5) is 21.2. The monoisotopic (exact) mass is 382 g/mol. The molecule has 1 amide bonds. The van der Waals surface area contributed by atoms with Crippen molar-refractivity contribution >= 4 is 44.4 Å². The van der Waals surface area contributed by atoms with Gasteiger partial charge in [-0.25, -0.2) is 9.97 Å². The van der Waals surface area contributed by atoms with Crippen LogP contribution in [0.1, 0.15) is 27.9 Å². The van der Waals surface area contributed by atoms with Gasteiger partial charge in [0.2, 0.25) is 5.91 Å². The lowest BCUT2D eigenvalue weighted by molar-refractivity contribution is -0.113. The van der Waals surface area contributed by atoms with E-state index in [1.54, 1.807) is 0 Å². The summed E-state index contributed by atoms with van der Waals surface area (Å²) < 4.78 is 1.05. The second-order valence-corrected chi connectivity index (χ2v) is 8.06.